The maximum atomic E-state index is 13.4. The number of likely N-dealkylation sites (N-methyl/N-ethyl adjacent to an activating group) is 1. The molecule has 0 radical (unpaired) electrons. The lowest BCUT2D eigenvalue weighted by Crippen LogP contribution is -2.51. The van der Waals surface area contributed by atoms with Crippen LogP contribution < -0.4 is 16.0 Å². The van der Waals surface area contributed by atoms with Gasteiger partial charge in [0.15, 0.2) is 11.6 Å². The van der Waals surface area contributed by atoms with Gasteiger partial charge in [-0.2, -0.15) is 0 Å². The molecule has 1 amide bonds. The summed E-state index contributed by atoms with van der Waals surface area (Å²) < 4.78 is 26.4. The molecular formula is C14H19F2N3O. The zero-order valence-electron chi connectivity index (χ0n) is 11.4. The molecule has 0 aromatic heterocycles. The zero-order chi connectivity index (χ0) is 14.5. The molecule has 4 nitrogen and oxygen atoms in total. The van der Waals surface area contributed by atoms with Crippen molar-refractivity contribution >= 4 is 5.91 Å². The number of nitrogens with one attached hydrogen (secondary N) is 3. The Balaban J connectivity index is 2.13. The molecule has 1 saturated heterocycles. The summed E-state index contributed by atoms with van der Waals surface area (Å²) in [4.78, 5) is 11.7. The summed E-state index contributed by atoms with van der Waals surface area (Å²) in [6, 6.07) is 3.84. The number of piperidine rings is 1. The van der Waals surface area contributed by atoms with Crippen LogP contribution in [0.5, 0.6) is 0 Å². The summed E-state index contributed by atoms with van der Waals surface area (Å²) >= 11 is 0. The van der Waals surface area contributed by atoms with Crippen molar-refractivity contribution in [3.63, 3.8) is 0 Å². The summed E-state index contributed by atoms with van der Waals surface area (Å²) in [6.45, 7) is 1.65. The number of carbonyl (C=O) groups is 1. The van der Waals surface area contributed by atoms with Crippen molar-refractivity contribution in [3.8, 4) is 0 Å². The van der Waals surface area contributed by atoms with Crippen LogP contribution in [0, 0.1) is 11.6 Å². The Morgan fingerprint density at radius 1 is 1.40 bits per heavy atom. The molecule has 2 rings (SSSR count). The topological polar surface area (TPSA) is 53.2 Å². The van der Waals surface area contributed by atoms with Crippen molar-refractivity contribution in [3.05, 3.63) is 35.4 Å². The highest BCUT2D eigenvalue weighted by Crippen LogP contribution is 2.26. The van der Waals surface area contributed by atoms with Crippen molar-refractivity contribution in [1.29, 1.82) is 0 Å². The van der Waals surface area contributed by atoms with E-state index in [-0.39, 0.29) is 24.4 Å². The highest BCUT2D eigenvalue weighted by molar-refractivity contribution is 5.78. The largest absolute Gasteiger partial charge is 0.350 e. The summed E-state index contributed by atoms with van der Waals surface area (Å²) in [5, 5.41) is 8.91. The molecule has 1 heterocycles. The fourth-order valence-corrected chi connectivity index (χ4v) is 2.57. The normalized spacial score (nSPS) is 22.6. The van der Waals surface area contributed by atoms with E-state index in [0.717, 1.165) is 24.6 Å². The molecule has 2 atom stereocenters. The Morgan fingerprint density at radius 3 is 2.90 bits per heavy atom. The molecule has 20 heavy (non-hydrogen) atoms. The summed E-state index contributed by atoms with van der Waals surface area (Å²) in [5.41, 5.74) is 0.722. The van der Waals surface area contributed by atoms with Crippen LogP contribution in [0.25, 0.3) is 0 Å². The molecule has 0 bridgehead atoms. The van der Waals surface area contributed by atoms with Crippen molar-refractivity contribution in [2.24, 2.45) is 0 Å². The molecule has 1 aliphatic rings. The SMILES string of the molecule is CNCC(=O)NC1CNCCC1c1ccc(F)c(F)c1. The third-order valence-corrected chi connectivity index (χ3v) is 3.54. The molecule has 1 aromatic carbocycles. The molecule has 0 spiro atoms. The Bertz CT molecular complexity index is 481. The Hall–Kier alpha value is -1.53. The van der Waals surface area contributed by atoms with E-state index in [0.29, 0.717) is 6.54 Å². The van der Waals surface area contributed by atoms with Gasteiger partial charge < -0.3 is 16.0 Å². The first-order valence-corrected chi connectivity index (χ1v) is 6.71. The second-order valence-electron chi connectivity index (χ2n) is 4.98. The Kier molecular flexibility index (Phi) is 5.03. The second kappa shape index (κ2) is 6.76. The monoisotopic (exact) mass is 283 g/mol. The fourth-order valence-electron chi connectivity index (χ4n) is 2.57. The molecule has 1 aromatic rings. The lowest BCUT2D eigenvalue weighted by Gasteiger charge is -2.33. The standard InChI is InChI=1S/C14H19F2N3O/c1-17-8-14(20)19-13-7-18-5-4-10(13)9-2-3-11(15)12(16)6-9/h2-3,6,10,13,17-18H,4-5,7-8H2,1H3,(H,19,20). The Labute approximate surface area is 116 Å². The minimum atomic E-state index is -0.849. The van der Waals surface area contributed by atoms with E-state index in [9.17, 15) is 13.6 Å². The van der Waals surface area contributed by atoms with E-state index in [1.54, 1.807) is 13.1 Å². The molecule has 0 saturated carbocycles. The number of benzene rings is 1. The average molecular weight is 283 g/mol. The van der Waals surface area contributed by atoms with Gasteiger partial charge in [0, 0.05) is 18.5 Å². The van der Waals surface area contributed by atoms with Gasteiger partial charge in [-0.3, -0.25) is 4.79 Å². The van der Waals surface area contributed by atoms with Gasteiger partial charge in [-0.05, 0) is 37.7 Å². The predicted molar refractivity (Wildman–Crippen MR) is 72.4 cm³/mol. The molecule has 3 N–H and O–H groups in total. The van der Waals surface area contributed by atoms with E-state index in [4.69, 9.17) is 0 Å². The zero-order valence-corrected chi connectivity index (χ0v) is 11.4. The van der Waals surface area contributed by atoms with Gasteiger partial charge in [0.2, 0.25) is 5.91 Å². The van der Waals surface area contributed by atoms with Crippen molar-refractivity contribution in [2.45, 2.75) is 18.4 Å². The molecule has 1 aliphatic heterocycles. The minimum absolute atomic E-state index is 0.00726. The summed E-state index contributed by atoms with van der Waals surface area (Å²) in [5.74, 6) is -1.80. The number of hydrogen-bond acceptors (Lipinski definition) is 3. The lowest BCUT2D eigenvalue weighted by molar-refractivity contribution is -0.121. The number of rotatable bonds is 4. The number of hydrogen-bond donors (Lipinski definition) is 3. The molecular weight excluding hydrogens is 264 g/mol. The predicted octanol–water partition coefficient (Wildman–Crippen LogP) is 0.746. The summed E-state index contributed by atoms with van der Waals surface area (Å²) in [6.07, 6.45) is 0.773. The van der Waals surface area contributed by atoms with Crippen molar-refractivity contribution in [2.75, 3.05) is 26.7 Å². The number of halogens is 2. The second-order valence-corrected chi connectivity index (χ2v) is 4.98. The molecule has 110 valence electrons. The van der Waals surface area contributed by atoms with E-state index in [1.807, 2.05) is 0 Å². The minimum Gasteiger partial charge on any atom is -0.350 e. The van der Waals surface area contributed by atoms with Gasteiger partial charge in [0.05, 0.1) is 6.54 Å². The van der Waals surface area contributed by atoms with E-state index < -0.39 is 11.6 Å². The lowest BCUT2D eigenvalue weighted by atomic mass is 9.86. The van der Waals surface area contributed by atoms with Crippen LogP contribution in [0.4, 0.5) is 8.78 Å². The first-order valence-electron chi connectivity index (χ1n) is 6.71. The quantitative estimate of drug-likeness (QED) is 0.764. The molecule has 1 fully saturated rings. The fraction of sp³-hybridized carbons (Fsp3) is 0.500. The van der Waals surface area contributed by atoms with Crippen LogP contribution >= 0.6 is 0 Å². The van der Waals surface area contributed by atoms with E-state index in [1.165, 1.54) is 6.07 Å². The van der Waals surface area contributed by atoms with E-state index >= 15 is 0 Å². The van der Waals surface area contributed by atoms with Crippen LogP contribution in [0.15, 0.2) is 18.2 Å². The molecule has 2 unspecified atom stereocenters. The number of carbonyl (C=O) groups excluding carboxylic acids is 1. The maximum absolute atomic E-state index is 13.4. The van der Waals surface area contributed by atoms with E-state index in [2.05, 4.69) is 16.0 Å². The van der Waals surface area contributed by atoms with Gasteiger partial charge in [0.25, 0.3) is 0 Å². The first kappa shape index (κ1) is 14.9. The van der Waals surface area contributed by atoms with Crippen LogP contribution in [0.1, 0.15) is 17.9 Å². The molecule has 6 heteroatoms. The van der Waals surface area contributed by atoms with Crippen LogP contribution in [-0.2, 0) is 4.79 Å². The van der Waals surface area contributed by atoms with Crippen LogP contribution in [0.2, 0.25) is 0 Å². The van der Waals surface area contributed by atoms with Gasteiger partial charge >= 0.3 is 0 Å². The maximum Gasteiger partial charge on any atom is 0.234 e. The highest BCUT2D eigenvalue weighted by atomic mass is 19.2. The number of amides is 1. The van der Waals surface area contributed by atoms with Crippen molar-refractivity contribution < 1.29 is 13.6 Å². The Morgan fingerprint density at radius 2 is 2.20 bits per heavy atom. The third kappa shape index (κ3) is 3.52. The molecule has 0 aliphatic carbocycles. The van der Waals surface area contributed by atoms with Gasteiger partial charge in [0.1, 0.15) is 0 Å². The highest BCUT2D eigenvalue weighted by Gasteiger charge is 2.28. The summed E-state index contributed by atoms with van der Waals surface area (Å²) in [7, 11) is 1.70. The van der Waals surface area contributed by atoms with Crippen molar-refractivity contribution in [1.82, 2.24) is 16.0 Å². The van der Waals surface area contributed by atoms with Gasteiger partial charge in [-0.1, -0.05) is 6.07 Å². The average Bonchev–Trinajstić information content (AvgIpc) is 2.43. The smallest absolute Gasteiger partial charge is 0.234 e. The first-order chi connectivity index (χ1) is 9.61. The van der Waals surface area contributed by atoms with Gasteiger partial charge in [-0.15, -0.1) is 0 Å². The van der Waals surface area contributed by atoms with Crippen LogP contribution in [-0.4, -0.2) is 38.6 Å². The van der Waals surface area contributed by atoms with Gasteiger partial charge in [-0.25, -0.2) is 8.78 Å². The third-order valence-electron chi connectivity index (χ3n) is 3.54. The van der Waals surface area contributed by atoms with Crippen LogP contribution in [0.3, 0.4) is 0 Å².